The lowest BCUT2D eigenvalue weighted by Crippen LogP contribution is -2.24. The fraction of sp³-hybridized carbons (Fsp3) is 0.600. The molecule has 1 N–H and O–H groups in total. The Morgan fingerprint density at radius 3 is 2.60 bits per heavy atom. The van der Waals surface area contributed by atoms with Crippen molar-refractivity contribution in [3.63, 3.8) is 0 Å². The van der Waals surface area contributed by atoms with Crippen LogP contribution in [0.25, 0.3) is 0 Å². The van der Waals surface area contributed by atoms with E-state index in [9.17, 15) is 0 Å². The van der Waals surface area contributed by atoms with Crippen molar-refractivity contribution in [2.75, 3.05) is 7.05 Å². The van der Waals surface area contributed by atoms with E-state index in [1.807, 2.05) is 13.2 Å². The third kappa shape index (κ3) is 2.77. The van der Waals surface area contributed by atoms with E-state index in [0.717, 1.165) is 31.6 Å². The molecule has 0 saturated carbocycles. The van der Waals surface area contributed by atoms with Crippen LogP contribution in [-0.4, -0.2) is 26.6 Å². The van der Waals surface area contributed by atoms with Crippen molar-refractivity contribution in [1.29, 1.82) is 0 Å². The molecule has 2 rings (SSSR count). The summed E-state index contributed by atoms with van der Waals surface area (Å²) in [5, 5.41) is 12.5. The molecule has 0 aliphatic heterocycles. The first kappa shape index (κ1) is 14.8. The van der Waals surface area contributed by atoms with Gasteiger partial charge in [0, 0.05) is 19.3 Å². The van der Waals surface area contributed by atoms with Crippen LogP contribution in [-0.2, 0) is 19.5 Å². The van der Waals surface area contributed by atoms with E-state index in [0.29, 0.717) is 0 Å². The zero-order valence-electron chi connectivity index (χ0n) is 12.9. The van der Waals surface area contributed by atoms with E-state index in [2.05, 4.69) is 57.8 Å². The lowest BCUT2D eigenvalue weighted by molar-refractivity contribution is 0.503. The Hall–Kier alpha value is -1.62. The molecule has 0 aromatic carbocycles. The van der Waals surface area contributed by atoms with Crippen molar-refractivity contribution in [1.82, 2.24) is 24.9 Å². The number of nitrogens with zero attached hydrogens (tertiary/aromatic N) is 4. The van der Waals surface area contributed by atoms with Crippen LogP contribution in [0.3, 0.4) is 0 Å². The van der Waals surface area contributed by atoms with Gasteiger partial charge in [0.2, 0.25) is 0 Å². The molecule has 0 saturated heterocycles. The quantitative estimate of drug-likeness (QED) is 0.844. The molecule has 0 spiro atoms. The molecule has 2 heterocycles. The molecule has 0 aliphatic carbocycles. The van der Waals surface area contributed by atoms with Gasteiger partial charge in [0.15, 0.2) is 0 Å². The number of hydrogen-bond acceptors (Lipinski definition) is 3. The Morgan fingerprint density at radius 2 is 2.00 bits per heavy atom. The highest BCUT2D eigenvalue weighted by Gasteiger charge is 2.21. The largest absolute Gasteiger partial charge is 0.307 e. The second-order valence-corrected chi connectivity index (χ2v) is 4.93. The van der Waals surface area contributed by atoms with Crippen molar-refractivity contribution in [2.24, 2.45) is 0 Å². The molecule has 2 aromatic rings. The van der Waals surface area contributed by atoms with E-state index >= 15 is 0 Å². The maximum absolute atomic E-state index is 4.65. The van der Waals surface area contributed by atoms with Gasteiger partial charge in [-0.25, -0.2) is 0 Å². The fourth-order valence-electron chi connectivity index (χ4n) is 2.58. The molecule has 0 aliphatic rings. The van der Waals surface area contributed by atoms with Crippen LogP contribution < -0.4 is 5.32 Å². The Balaban J connectivity index is 2.41. The molecule has 0 amide bonds. The minimum absolute atomic E-state index is 0.136. The number of hydrogen-bond donors (Lipinski definition) is 1. The minimum atomic E-state index is 0.136. The van der Waals surface area contributed by atoms with Crippen LogP contribution in [0, 0.1) is 0 Å². The SMILES string of the molecule is CCCn1nccc1C(NC)c1cc(CC)nn1CC. The van der Waals surface area contributed by atoms with E-state index in [1.165, 1.54) is 11.4 Å². The summed E-state index contributed by atoms with van der Waals surface area (Å²) in [7, 11) is 1.99. The van der Waals surface area contributed by atoms with E-state index in [-0.39, 0.29) is 6.04 Å². The van der Waals surface area contributed by atoms with Gasteiger partial charge in [-0.05, 0) is 38.9 Å². The van der Waals surface area contributed by atoms with Crippen LogP contribution in [0.4, 0.5) is 0 Å². The maximum Gasteiger partial charge on any atom is 0.0916 e. The van der Waals surface area contributed by atoms with Crippen LogP contribution in [0.1, 0.15) is 50.3 Å². The summed E-state index contributed by atoms with van der Waals surface area (Å²) < 4.78 is 4.17. The summed E-state index contributed by atoms with van der Waals surface area (Å²) in [5.74, 6) is 0. The number of aryl methyl sites for hydroxylation is 3. The predicted molar refractivity (Wildman–Crippen MR) is 80.7 cm³/mol. The predicted octanol–water partition coefficient (Wildman–Crippen LogP) is 2.38. The molecule has 1 atom stereocenters. The summed E-state index contributed by atoms with van der Waals surface area (Å²) in [4.78, 5) is 0. The highest BCUT2D eigenvalue weighted by molar-refractivity contribution is 5.24. The molecule has 5 heteroatoms. The second-order valence-electron chi connectivity index (χ2n) is 4.93. The third-order valence-corrected chi connectivity index (χ3v) is 3.59. The van der Waals surface area contributed by atoms with Gasteiger partial charge >= 0.3 is 0 Å². The molecule has 2 aromatic heterocycles. The highest BCUT2D eigenvalue weighted by Crippen LogP contribution is 2.23. The van der Waals surface area contributed by atoms with Crippen molar-refractivity contribution < 1.29 is 0 Å². The number of aromatic nitrogens is 4. The molecule has 0 fully saturated rings. The molecule has 1 unspecified atom stereocenters. The van der Waals surface area contributed by atoms with Crippen LogP contribution in [0.2, 0.25) is 0 Å². The average molecular weight is 275 g/mol. The Labute approximate surface area is 121 Å². The van der Waals surface area contributed by atoms with E-state index in [4.69, 9.17) is 0 Å². The molecular weight excluding hydrogens is 250 g/mol. The summed E-state index contributed by atoms with van der Waals surface area (Å²) in [5.41, 5.74) is 3.56. The molecule has 5 nitrogen and oxygen atoms in total. The lowest BCUT2D eigenvalue weighted by atomic mass is 10.1. The van der Waals surface area contributed by atoms with Crippen LogP contribution in [0.5, 0.6) is 0 Å². The zero-order valence-corrected chi connectivity index (χ0v) is 12.9. The normalized spacial score (nSPS) is 12.8. The fourth-order valence-corrected chi connectivity index (χ4v) is 2.58. The lowest BCUT2D eigenvalue weighted by Gasteiger charge is -2.19. The molecular formula is C15H25N5. The van der Waals surface area contributed by atoms with Crippen molar-refractivity contribution >= 4 is 0 Å². The smallest absolute Gasteiger partial charge is 0.0916 e. The van der Waals surface area contributed by atoms with Crippen molar-refractivity contribution in [3.05, 3.63) is 35.4 Å². The van der Waals surface area contributed by atoms with E-state index in [1.54, 1.807) is 0 Å². The number of nitrogens with one attached hydrogen (secondary N) is 1. The summed E-state index contributed by atoms with van der Waals surface area (Å²) in [6, 6.07) is 4.43. The van der Waals surface area contributed by atoms with Gasteiger partial charge in [-0.2, -0.15) is 10.2 Å². The first-order valence-corrected chi connectivity index (χ1v) is 7.50. The maximum atomic E-state index is 4.65. The van der Waals surface area contributed by atoms with Gasteiger partial charge in [-0.1, -0.05) is 13.8 Å². The molecule has 0 bridgehead atoms. The standard InChI is InChI=1S/C15H25N5/c1-5-10-20-13(8-9-17-20)15(16-4)14-11-12(6-2)18-19(14)7-3/h8-9,11,15-16H,5-7,10H2,1-4H3. The molecule has 20 heavy (non-hydrogen) atoms. The Bertz CT molecular complexity index is 540. The average Bonchev–Trinajstić information content (AvgIpc) is 3.08. The minimum Gasteiger partial charge on any atom is -0.307 e. The van der Waals surface area contributed by atoms with Crippen molar-refractivity contribution in [2.45, 2.75) is 52.7 Å². The van der Waals surface area contributed by atoms with Gasteiger partial charge in [-0.15, -0.1) is 0 Å². The van der Waals surface area contributed by atoms with Gasteiger partial charge in [0.25, 0.3) is 0 Å². The molecule has 0 radical (unpaired) electrons. The first-order valence-electron chi connectivity index (χ1n) is 7.50. The zero-order chi connectivity index (χ0) is 14.5. The van der Waals surface area contributed by atoms with Gasteiger partial charge in [-0.3, -0.25) is 9.36 Å². The highest BCUT2D eigenvalue weighted by atomic mass is 15.3. The first-order chi connectivity index (χ1) is 9.74. The summed E-state index contributed by atoms with van der Waals surface area (Å²) >= 11 is 0. The Morgan fingerprint density at radius 1 is 1.20 bits per heavy atom. The van der Waals surface area contributed by atoms with Gasteiger partial charge in [0.05, 0.1) is 23.1 Å². The van der Waals surface area contributed by atoms with Crippen LogP contribution in [0.15, 0.2) is 18.3 Å². The van der Waals surface area contributed by atoms with Gasteiger partial charge < -0.3 is 5.32 Å². The third-order valence-electron chi connectivity index (χ3n) is 3.59. The van der Waals surface area contributed by atoms with Crippen LogP contribution >= 0.6 is 0 Å². The molecule has 110 valence electrons. The topological polar surface area (TPSA) is 47.7 Å². The summed E-state index contributed by atoms with van der Waals surface area (Å²) in [6.07, 6.45) is 3.92. The number of rotatable bonds is 7. The monoisotopic (exact) mass is 275 g/mol. The van der Waals surface area contributed by atoms with Gasteiger partial charge in [0.1, 0.15) is 0 Å². The van der Waals surface area contributed by atoms with Crippen molar-refractivity contribution in [3.8, 4) is 0 Å². The second kappa shape index (κ2) is 6.70. The van der Waals surface area contributed by atoms with E-state index < -0.39 is 0 Å². The Kier molecular flexibility index (Phi) is 4.95. The summed E-state index contributed by atoms with van der Waals surface area (Å²) in [6.45, 7) is 8.27.